The monoisotopic (exact) mass is 369 g/mol. The molecule has 2 N–H and O–H groups in total. The van der Waals surface area contributed by atoms with Crippen LogP contribution in [-0.2, 0) is 18.9 Å². The van der Waals surface area contributed by atoms with Crippen molar-refractivity contribution in [3.63, 3.8) is 0 Å². The number of nitrogens with zero attached hydrogens (tertiary/aromatic N) is 3. The fourth-order valence-electron chi connectivity index (χ4n) is 3.28. The number of nitrogens with one attached hydrogen (secondary N) is 2. The number of rotatable bonds is 7. The van der Waals surface area contributed by atoms with Crippen LogP contribution < -0.4 is 10.6 Å². The highest BCUT2D eigenvalue weighted by atomic mass is 15.3. The molecule has 2 aromatic rings. The summed E-state index contributed by atoms with van der Waals surface area (Å²) in [5.74, 6) is 0.869. The van der Waals surface area contributed by atoms with Gasteiger partial charge >= 0.3 is 0 Å². The van der Waals surface area contributed by atoms with E-state index in [1.54, 1.807) is 0 Å². The first-order valence-corrected chi connectivity index (χ1v) is 9.84. The molecule has 0 saturated heterocycles. The molecule has 0 amide bonds. The lowest BCUT2D eigenvalue weighted by Gasteiger charge is -2.24. The van der Waals surface area contributed by atoms with Crippen LogP contribution in [0.25, 0.3) is 0 Å². The van der Waals surface area contributed by atoms with Crippen molar-refractivity contribution >= 4 is 5.96 Å². The lowest BCUT2D eigenvalue weighted by atomic mass is 9.85. The molecular weight excluding hydrogens is 334 g/mol. The second-order valence-electron chi connectivity index (χ2n) is 7.97. The van der Waals surface area contributed by atoms with Gasteiger partial charge in [0.25, 0.3) is 0 Å². The van der Waals surface area contributed by atoms with E-state index in [1.807, 2.05) is 11.7 Å². The second-order valence-corrected chi connectivity index (χ2v) is 7.97. The average Bonchev–Trinajstić information content (AvgIpc) is 2.87. The van der Waals surface area contributed by atoms with Crippen LogP contribution >= 0.6 is 0 Å². The third-order valence-corrected chi connectivity index (χ3v) is 5.08. The molecule has 0 fully saturated rings. The van der Waals surface area contributed by atoms with Gasteiger partial charge in [-0.25, -0.2) is 0 Å². The summed E-state index contributed by atoms with van der Waals surface area (Å²) < 4.78 is 1.96. The third kappa shape index (κ3) is 5.59. The van der Waals surface area contributed by atoms with Crippen LogP contribution in [0.15, 0.2) is 35.3 Å². The lowest BCUT2D eigenvalue weighted by molar-refractivity contribution is 0.534. The van der Waals surface area contributed by atoms with Crippen molar-refractivity contribution in [2.45, 2.75) is 59.4 Å². The van der Waals surface area contributed by atoms with Crippen LogP contribution in [0.1, 0.15) is 50.2 Å². The second kappa shape index (κ2) is 9.07. The number of aromatic nitrogens is 2. The summed E-state index contributed by atoms with van der Waals surface area (Å²) in [6.07, 6.45) is 0.929. The quantitative estimate of drug-likeness (QED) is 0.580. The highest BCUT2D eigenvalue weighted by Gasteiger charge is 2.20. The molecule has 0 radical (unpaired) electrons. The molecule has 1 aromatic heterocycles. The minimum Gasteiger partial charge on any atom is -0.357 e. The molecule has 1 unspecified atom stereocenters. The highest BCUT2D eigenvalue weighted by Crippen LogP contribution is 2.23. The zero-order valence-electron chi connectivity index (χ0n) is 17.9. The topological polar surface area (TPSA) is 54.2 Å². The molecule has 1 aromatic carbocycles. The molecule has 1 atom stereocenters. The summed E-state index contributed by atoms with van der Waals surface area (Å²) in [4.78, 5) is 4.87. The first kappa shape index (κ1) is 21.0. The molecule has 5 heteroatoms. The predicted molar refractivity (Wildman–Crippen MR) is 114 cm³/mol. The van der Waals surface area contributed by atoms with Crippen molar-refractivity contribution in [1.82, 2.24) is 20.4 Å². The van der Waals surface area contributed by atoms with Gasteiger partial charge in [-0.1, -0.05) is 44.2 Å². The first-order valence-electron chi connectivity index (χ1n) is 9.84. The summed E-state index contributed by atoms with van der Waals surface area (Å²) >= 11 is 0. The summed E-state index contributed by atoms with van der Waals surface area (Å²) in [6, 6.07) is 10.8. The minimum absolute atomic E-state index is 0.0105. The molecule has 0 spiro atoms. The Morgan fingerprint density at radius 1 is 1.22 bits per heavy atom. The van der Waals surface area contributed by atoms with Crippen molar-refractivity contribution in [1.29, 1.82) is 0 Å². The van der Waals surface area contributed by atoms with Crippen molar-refractivity contribution < 1.29 is 0 Å². The molecule has 2 rings (SSSR count). The number of benzene rings is 1. The molecule has 0 saturated carbocycles. The summed E-state index contributed by atoms with van der Waals surface area (Å²) in [6.45, 7) is 14.5. The molecule has 27 heavy (non-hydrogen) atoms. The smallest absolute Gasteiger partial charge is 0.191 e. The Balaban J connectivity index is 2.06. The van der Waals surface area contributed by atoms with Gasteiger partial charge in [0, 0.05) is 30.7 Å². The molecule has 148 valence electrons. The van der Waals surface area contributed by atoms with Crippen LogP contribution in [0.5, 0.6) is 0 Å². The number of guanidine groups is 1. The Kier molecular flexibility index (Phi) is 7.05. The van der Waals surface area contributed by atoms with E-state index in [9.17, 15) is 0 Å². The summed E-state index contributed by atoms with van der Waals surface area (Å²) in [5, 5.41) is 11.5. The number of aliphatic imine (C=N–C) groups is 1. The SMILES string of the molecule is CCNC(=NCC(C)(C)c1ccccc1)NC(C)Cc1c(C)nn(C)c1C. The van der Waals surface area contributed by atoms with Crippen molar-refractivity contribution in [2.24, 2.45) is 12.0 Å². The molecule has 1 heterocycles. The Morgan fingerprint density at radius 3 is 2.44 bits per heavy atom. The third-order valence-electron chi connectivity index (χ3n) is 5.08. The van der Waals surface area contributed by atoms with Gasteiger partial charge < -0.3 is 10.6 Å². The molecular formula is C22H35N5. The van der Waals surface area contributed by atoms with Crippen LogP contribution in [0, 0.1) is 13.8 Å². The normalized spacial score (nSPS) is 13.5. The summed E-state index contributed by atoms with van der Waals surface area (Å²) in [7, 11) is 2.00. The molecule has 0 aliphatic carbocycles. The fourth-order valence-corrected chi connectivity index (χ4v) is 3.28. The van der Waals surface area contributed by atoms with Crippen molar-refractivity contribution in [3.8, 4) is 0 Å². The van der Waals surface area contributed by atoms with Gasteiger partial charge in [-0.2, -0.15) is 5.10 Å². The Hall–Kier alpha value is -2.30. The molecule has 5 nitrogen and oxygen atoms in total. The zero-order chi connectivity index (χ0) is 20.0. The average molecular weight is 370 g/mol. The van der Waals surface area contributed by atoms with Gasteiger partial charge in [-0.05, 0) is 45.2 Å². The zero-order valence-corrected chi connectivity index (χ0v) is 17.9. The van der Waals surface area contributed by atoms with Crippen LogP contribution in [0.4, 0.5) is 0 Å². The van der Waals surface area contributed by atoms with Crippen molar-refractivity contribution in [3.05, 3.63) is 52.8 Å². The molecule has 0 bridgehead atoms. The van der Waals surface area contributed by atoms with Crippen LogP contribution in [0.2, 0.25) is 0 Å². The Labute approximate surface area is 164 Å². The van der Waals surface area contributed by atoms with Gasteiger partial charge in [0.15, 0.2) is 5.96 Å². The number of hydrogen-bond acceptors (Lipinski definition) is 2. The van der Waals surface area contributed by atoms with E-state index in [0.29, 0.717) is 0 Å². The van der Waals surface area contributed by atoms with E-state index in [-0.39, 0.29) is 11.5 Å². The Morgan fingerprint density at radius 2 is 1.89 bits per heavy atom. The number of aryl methyl sites for hydroxylation is 2. The van der Waals surface area contributed by atoms with E-state index in [4.69, 9.17) is 4.99 Å². The van der Waals surface area contributed by atoms with E-state index in [2.05, 4.69) is 87.6 Å². The predicted octanol–water partition coefficient (Wildman–Crippen LogP) is 3.50. The maximum absolute atomic E-state index is 4.87. The van der Waals surface area contributed by atoms with Crippen LogP contribution in [0.3, 0.4) is 0 Å². The highest BCUT2D eigenvalue weighted by molar-refractivity contribution is 5.80. The largest absolute Gasteiger partial charge is 0.357 e. The van der Waals surface area contributed by atoms with E-state index in [0.717, 1.165) is 31.2 Å². The minimum atomic E-state index is -0.0105. The summed E-state index contributed by atoms with van der Waals surface area (Å²) in [5.41, 5.74) is 4.95. The van der Waals surface area contributed by atoms with E-state index < -0.39 is 0 Å². The van der Waals surface area contributed by atoms with E-state index in [1.165, 1.54) is 16.8 Å². The van der Waals surface area contributed by atoms with Crippen molar-refractivity contribution in [2.75, 3.05) is 13.1 Å². The standard InChI is InChI=1S/C22H35N5/c1-8-23-21(24-15-22(5,6)19-12-10-9-11-13-19)25-16(2)14-20-17(3)26-27(7)18(20)4/h9-13,16H,8,14-15H2,1-7H3,(H2,23,24,25). The first-order chi connectivity index (χ1) is 12.7. The number of hydrogen-bond donors (Lipinski definition) is 2. The van der Waals surface area contributed by atoms with Gasteiger partial charge in [0.1, 0.15) is 0 Å². The molecule has 0 aliphatic rings. The maximum Gasteiger partial charge on any atom is 0.191 e. The molecule has 0 aliphatic heterocycles. The van der Waals surface area contributed by atoms with E-state index >= 15 is 0 Å². The fraction of sp³-hybridized carbons (Fsp3) is 0.545. The van der Waals surface area contributed by atoms with Gasteiger partial charge in [-0.15, -0.1) is 0 Å². The Bertz CT molecular complexity index is 759. The van der Waals surface area contributed by atoms with Gasteiger partial charge in [0.2, 0.25) is 0 Å². The maximum atomic E-state index is 4.87. The van der Waals surface area contributed by atoms with Crippen LogP contribution in [-0.4, -0.2) is 34.9 Å². The van der Waals surface area contributed by atoms with Gasteiger partial charge in [0.05, 0.1) is 12.2 Å². The lowest BCUT2D eigenvalue weighted by Crippen LogP contribution is -2.43. The van der Waals surface area contributed by atoms with Gasteiger partial charge in [-0.3, -0.25) is 9.67 Å².